The first kappa shape index (κ1) is 13.5. The molecule has 0 radical (unpaired) electrons. The van der Waals surface area contributed by atoms with Crippen molar-refractivity contribution < 1.29 is 14.3 Å². The van der Waals surface area contributed by atoms with Crippen LogP contribution in [0.25, 0.3) is 0 Å². The number of hydrogen-bond acceptors (Lipinski definition) is 5. The highest BCUT2D eigenvalue weighted by atomic mass is 32.1. The lowest BCUT2D eigenvalue weighted by atomic mass is 10.2. The minimum atomic E-state index is -0.367. The van der Waals surface area contributed by atoms with E-state index in [0.29, 0.717) is 13.2 Å². The minimum Gasteiger partial charge on any atom is -0.465 e. The summed E-state index contributed by atoms with van der Waals surface area (Å²) in [4.78, 5) is 12.9. The van der Waals surface area contributed by atoms with Crippen molar-refractivity contribution in [2.75, 3.05) is 19.8 Å². The number of rotatable bonds is 6. The van der Waals surface area contributed by atoms with E-state index in [2.05, 4.69) is 5.32 Å². The lowest BCUT2D eigenvalue weighted by molar-refractivity contribution is -0.145. The normalized spacial score (nSPS) is 20.8. The predicted molar refractivity (Wildman–Crippen MR) is 70.7 cm³/mol. The van der Waals surface area contributed by atoms with Gasteiger partial charge in [0, 0.05) is 18.0 Å². The van der Waals surface area contributed by atoms with Crippen LogP contribution in [-0.4, -0.2) is 31.8 Å². The number of carbonyl (C=O) groups is 1. The molecule has 0 saturated carbocycles. The summed E-state index contributed by atoms with van der Waals surface area (Å²) in [5.74, 6) is -0.210. The fraction of sp³-hybridized carbons (Fsp3) is 0.615. The molecule has 1 aromatic heterocycles. The van der Waals surface area contributed by atoms with Crippen LogP contribution in [-0.2, 0) is 14.3 Å². The number of hydrogen-bond donors (Lipinski definition) is 1. The Hall–Kier alpha value is -0.910. The molecule has 0 bridgehead atoms. The first-order chi connectivity index (χ1) is 8.81. The van der Waals surface area contributed by atoms with Crippen molar-refractivity contribution in [2.24, 2.45) is 0 Å². The molecule has 0 spiro atoms. The van der Waals surface area contributed by atoms with E-state index in [1.807, 2.05) is 24.4 Å². The van der Waals surface area contributed by atoms with Crippen LogP contribution in [0.15, 0.2) is 17.5 Å². The Morgan fingerprint density at radius 1 is 1.72 bits per heavy atom. The van der Waals surface area contributed by atoms with Gasteiger partial charge in [0.25, 0.3) is 0 Å². The van der Waals surface area contributed by atoms with Crippen LogP contribution in [0.5, 0.6) is 0 Å². The Balaban J connectivity index is 1.93. The molecule has 1 aliphatic heterocycles. The zero-order valence-corrected chi connectivity index (χ0v) is 11.4. The quantitative estimate of drug-likeness (QED) is 0.804. The van der Waals surface area contributed by atoms with Crippen molar-refractivity contribution in [1.82, 2.24) is 5.32 Å². The van der Waals surface area contributed by atoms with Gasteiger partial charge in [-0.2, -0.15) is 0 Å². The highest BCUT2D eigenvalue weighted by Crippen LogP contribution is 2.21. The van der Waals surface area contributed by atoms with E-state index in [1.165, 1.54) is 0 Å². The van der Waals surface area contributed by atoms with E-state index in [-0.39, 0.29) is 18.1 Å². The van der Waals surface area contributed by atoms with Crippen LogP contribution in [0.1, 0.15) is 30.7 Å². The molecule has 5 heteroatoms. The molecule has 1 saturated heterocycles. The van der Waals surface area contributed by atoms with Gasteiger partial charge in [0.15, 0.2) is 0 Å². The van der Waals surface area contributed by atoms with E-state index >= 15 is 0 Å². The van der Waals surface area contributed by atoms with Crippen molar-refractivity contribution in [3.63, 3.8) is 0 Å². The molecular weight excluding hydrogens is 250 g/mol. The predicted octanol–water partition coefficient (Wildman–Crippen LogP) is 2.12. The van der Waals surface area contributed by atoms with Crippen molar-refractivity contribution >= 4 is 17.3 Å². The van der Waals surface area contributed by atoms with Gasteiger partial charge in [-0.25, -0.2) is 4.79 Å². The third kappa shape index (κ3) is 3.54. The SMILES string of the molecule is CCOC(=O)C(NCC1CCCO1)c1cccs1. The lowest BCUT2D eigenvalue weighted by Crippen LogP contribution is -2.35. The van der Waals surface area contributed by atoms with Crippen molar-refractivity contribution in [1.29, 1.82) is 0 Å². The van der Waals surface area contributed by atoms with E-state index in [4.69, 9.17) is 9.47 Å². The zero-order chi connectivity index (χ0) is 12.8. The summed E-state index contributed by atoms with van der Waals surface area (Å²) >= 11 is 1.56. The molecule has 2 atom stereocenters. The average Bonchev–Trinajstić information content (AvgIpc) is 3.01. The van der Waals surface area contributed by atoms with E-state index in [1.54, 1.807) is 11.3 Å². The second-order valence-corrected chi connectivity index (χ2v) is 5.22. The average molecular weight is 269 g/mol. The van der Waals surface area contributed by atoms with E-state index in [9.17, 15) is 4.79 Å². The van der Waals surface area contributed by atoms with Gasteiger partial charge in [-0.15, -0.1) is 11.3 Å². The molecule has 2 rings (SSSR count). The standard InChI is InChI=1S/C13H19NO3S/c1-2-16-13(15)12(11-6-4-8-18-11)14-9-10-5-3-7-17-10/h4,6,8,10,12,14H,2-3,5,7,9H2,1H3. The number of nitrogens with one attached hydrogen (secondary N) is 1. The summed E-state index contributed by atoms with van der Waals surface area (Å²) in [6.45, 7) is 3.75. The Morgan fingerprint density at radius 2 is 2.61 bits per heavy atom. The fourth-order valence-electron chi connectivity index (χ4n) is 2.04. The lowest BCUT2D eigenvalue weighted by Gasteiger charge is -2.18. The summed E-state index contributed by atoms with van der Waals surface area (Å²) in [6.07, 6.45) is 2.39. The Kier molecular flexibility index (Phi) is 5.16. The van der Waals surface area contributed by atoms with Gasteiger partial charge >= 0.3 is 5.97 Å². The molecule has 0 aromatic carbocycles. The first-order valence-electron chi connectivity index (χ1n) is 6.36. The fourth-order valence-corrected chi connectivity index (χ4v) is 2.82. The molecule has 1 aromatic rings. The maximum Gasteiger partial charge on any atom is 0.328 e. The van der Waals surface area contributed by atoms with Crippen molar-refractivity contribution in [2.45, 2.75) is 31.9 Å². The smallest absolute Gasteiger partial charge is 0.328 e. The molecule has 1 fully saturated rings. The molecule has 100 valence electrons. The Morgan fingerprint density at radius 3 is 3.22 bits per heavy atom. The first-order valence-corrected chi connectivity index (χ1v) is 7.24. The monoisotopic (exact) mass is 269 g/mol. The third-order valence-corrected chi connectivity index (χ3v) is 3.86. The van der Waals surface area contributed by atoms with Gasteiger partial charge in [0.05, 0.1) is 12.7 Å². The molecule has 0 aliphatic carbocycles. The van der Waals surface area contributed by atoms with E-state index in [0.717, 1.165) is 24.3 Å². The molecule has 4 nitrogen and oxygen atoms in total. The molecule has 1 aliphatic rings. The van der Waals surface area contributed by atoms with Gasteiger partial charge in [-0.3, -0.25) is 5.32 Å². The van der Waals surface area contributed by atoms with Gasteiger partial charge in [-0.05, 0) is 31.2 Å². The molecule has 0 amide bonds. The van der Waals surface area contributed by atoms with Crippen LogP contribution in [0, 0.1) is 0 Å². The Labute approximate surface area is 111 Å². The topological polar surface area (TPSA) is 47.6 Å². The largest absolute Gasteiger partial charge is 0.465 e. The molecular formula is C13H19NO3S. The van der Waals surface area contributed by atoms with Crippen LogP contribution in [0.2, 0.25) is 0 Å². The van der Waals surface area contributed by atoms with Gasteiger partial charge in [0.1, 0.15) is 6.04 Å². The summed E-state index contributed by atoms with van der Waals surface area (Å²) in [6, 6.07) is 3.53. The van der Waals surface area contributed by atoms with Crippen LogP contribution in [0.4, 0.5) is 0 Å². The molecule has 18 heavy (non-hydrogen) atoms. The maximum absolute atomic E-state index is 11.9. The summed E-state index contributed by atoms with van der Waals surface area (Å²) in [5, 5.41) is 5.23. The third-order valence-electron chi connectivity index (χ3n) is 2.92. The summed E-state index contributed by atoms with van der Waals surface area (Å²) < 4.78 is 10.7. The number of carbonyl (C=O) groups excluding carboxylic acids is 1. The van der Waals surface area contributed by atoms with Crippen LogP contribution >= 0.6 is 11.3 Å². The highest BCUT2D eigenvalue weighted by molar-refractivity contribution is 7.10. The summed E-state index contributed by atoms with van der Waals surface area (Å²) in [5.41, 5.74) is 0. The molecule has 2 heterocycles. The van der Waals surface area contributed by atoms with Crippen LogP contribution < -0.4 is 5.32 Å². The second kappa shape index (κ2) is 6.87. The second-order valence-electron chi connectivity index (χ2n) is 4.24. The maximum atomic E-state index is 11.9. The van der Waals surface area contributed by atoms with Crippen LogP contribution in [0.3, 0.4) is 0 Å². The van der Waals surface area contributed by atoms with Gasteiger partial charge < -0.3 is 9.47 Å². The number of esters is 1. The number of ether oxygens (including phenoxy) is 2. The molecule has 1 N–H and O–H groups in total. The van der Waals surface area contributed by atoms with Gasteiger partial charge in [-0.1, -0.05) is 6.07 Å². The van der Waals surface area contributed by atoms with Crippen molar-refractivity contribution in [3.8, 4) is 0 Å². The molecule has 2 unspecified atom stereocenters. The summed E-state index contributed by atoms with van der Waals surface area (Å²) in [7, 11) is 0. The highest BCUT2D eigenvalue weighted by Gasteiger charge is 2.24. The Bertz CT molecular complexity index is 360. The minimum absolute atomic E-state index is 0.210. The van der Waals surface area contributed by atoms with Gasteiger partial charge in [0.2, 0.25) is 0 Å². The van der Waals surface area contributed by atoms with Crippen molar-refractivity contribution in [3.05, 3.63) is 22.4 Å². The van der Waals surface area contributed by atoms with E-state index < -0.39 is 0 Å². The number of thiophene rings is 1. The zero-order valence-electron chi connectivity index (χ0n) is 10.6.